The van der Waals surface area contributed by atoms with Gasteiger partial charge in [-0.2, -0.15) is 0 Å². The van der Waals surface area contributed by atoms with Gasteiger partial charge in [0.25, 0.3) is 0 Å². The molecule has 1 N–H and O–H groups in total. The third-order valence-corrected chi connectivity index (χ3v) is 3.92. The van der Waals surface area contributed by atoms with Crippen molar-refractivity contribution in [2.24, 2.45) is 0 Å². The van der Waals surface area contributed by atoms with Gasteiger partial charge in [0.1, 0.15) is 5.02 Å². The molecule has 6 heteroatoms. The molecule has 4 nitrogen and oxygen atoms in total. The maximum Gasteiger partial charge on any atom is 0.340 e. The summed E-state index contributed by atoms with van der Waals surface area (Å²) in [5.41, 5.74) is 1.77. The molecule has 0 aliphatic heterocycles. The zero-order valence-electron chi connectivity index (χ0n) is 11.5. The van der Waals surface area contributed by atoms with E-state index < -0.39 is 5.97 Å². The normalized spacial score (nSPS) is 11.1. The number of carbonyl (C=O) groups is 1. The van der Waals surface area contributed by atoms with E-state index in [9.17, 15) is 9.90 Å². The third-order valence-electron chi connectivity index (χ3n) is 3.27. The average molecular weight is 316 g/mol. The molecule has 0 fully saturated rings. The Morgan fingerprint density at radius 2 is 2.05 bits per heavy atom. The molecule has 0 aliphatic rings. The van der Waals surface area contributed by atoms with Crippen LogP contribution in [-0.4, -0.2) is 22.2 Å². The van der Waals surface area contributed by atoms with Crippen LogP contribution in [0.3, 0.4) is 0 Å². The van der Waals surface area contributed by atoms with Gasteiger partial charge in [0, 0.05) is 17.6 Å². The standard InChI is InChI=1S/C14H15Cl2NO3/c1-4-17-7(3)10(14(19)20-5-2)8-6-9(15)13(18)11(16)12(8)17/h6,18H,4-5H2,1-3H3. The summed E-state index contributed by atoms with van der Waals surface area (Å²) in [6.07, 6.45) is 0. The first-order valence-electron chi connectivity index (χ1n) is 6.30. The van der Waals surface area contributed by atoms with Crippen LogP contribution in [0.2, 0.25) is 10.0 Å². The summed E-state index contributed by atoms with van der Waals surface area (Å²) in [7, 11) is 0. The number of carbonyl (C=O) groups excluding carboxylic acids is 1. The van der Waals surface area contributed by atoms with Gasteiger partial charge >= 0.3 is 5.97 Å². The number of halogens is 2. The number of esters is 1. The predicted octanol–water partition coefficient (Wildman–Crippen LogP) is 4.16. The van der Waals surface area contributed by atoms with Crippen molar-refractivity contribution in [3.8, 4) is 5.75 Å². The van der Waals surface area contributed by atoms with E-state index in [2.05, 4.69) is 0 Å². The van der Waals surface area contributed by atoms with Crippen molar-refractivity contribution < 1.29 is 14.6 Å². The molecule has 0 unspecified atom stereocenters. The summed E-state index contributed by atoms with van der Waals surface area (Å²) in [5, 5.41) is 10.7. The maximum absolute atomic E-state index is 12.1. The van der Waals surface area contributed by atoms with E-state index >= 15 is 0 Å². The van der Waals surface area contributed by atoms with Gasteiger partial charge in [0.05, 0.1) is 22.7 Å². The van der Waals surface area contributed by atoms with Gasteiger partial charge in [-0.1, -0.05) is 23.2 Å². The Labute approximate surface area is 126 Å². The Kier molecular flexibility index (Phi) is 4.16. The van der Waals surface area contributed by atoms with Gasteiger partial charge in [0.15, 0.2) is 5.75 Å². The van der Waals surface area contributed by atoms with Crippen LogP contribution in [0.15, 0.2) is 6.07 Å². The van der Waals surface area contributed by atoms with Crippen molar-refractivity contribution in [2.75, 3.05) is 6.61 Å². The number of aryl methyl sites for hydroxylation is 1. The molecule has 0 amide bonds. The molecule has 0 radical (unpaired) electrons. The van der Waals surface area contributed by atoms with E-state index in [0.717, 1.165) is 5.69 Å². The number of benzene rings is 1. The second kappa shape index (κ2) is 5.54. The SMILES string of the molecule is CCOC(=O)c1c(C)n(CC)c2c(Cl)c(O)c(Cl)cc12. The van der Waals surface area contributed by atoms with Crippen LogP contribution in [0.25, 0.3) is 10.9 Å². The van der Waals surface area contributed by atoms with Crippen molar-refractivity contribution in [3.05, 3.63) is 27.4 Å². The van der Waals surface area contributed by atoms with E-state index in [1.807, 2.05) is 18.4 Å². The second-order valence-electron chi connectivity index (χ2n) is 4.34. The number of aromatic nitrogens is 1. The van der Waals surface area contributed by atoms with Crippen molar-refractivity contribution >= 4 is 40.1 Å². The van der Waals surface area contributed by atoms with Crippen LogP contribution in [0.4, 0.5) is 0 Å². The number of phenols is 1. The average Bonchev–Trinajstić information content (AvgIpc) is 2.68. The van der Waals surface area contributed by atoms with E-state index in [1.54, 1.807) is 13.0 Å². The largest absolute Gasteiger partial charge is 0.505 e. The van der Waals surface area contributed by atoms with Crippen molar-refractivity contribution in [2.45, 2.75) is 27.3 Å². The lowest BCUT2D eigenvalue weighted by atomic mass is 10.1. The fraction of sp³-hybridized carbons (Fsp3) is 0.357. The van der Waals surface area contributed by atoms with Gasteiger partial charge in [-0.15, -0.1) is 0 Å². The van der Waals surface area contributed by atoms with Crippen molar-refractivity contribution in [3.63, 3.8) is 0 Å². The minimum atomic E-state index is -0.417. The molecule has 1 aromatic heterocycles. The molecule has 1 aromatic carbocycles. The Bertz CT molecular complexity index is 692. The van der Waals surface area contributed by atoms with Crippen LogP contribution in [0.5, 0.6) is 5.75 Å². The number of aromatic hydroxyl groups is 1. The molecular weight excluding hydrogens is 301 g/mol. The number of rotatable bonds is 3. The summed E-state index contributed by atoms with van der Waals surface area (Å²) in [6.45, 7) is 6.40. The fourth-order valence-corrected chi connectivity index (χ4v) is 2.96. The van der Waals surface area contributed by atoms with Crippen LogP contribution >= 0.6 is 23.2 Å². The van der Waals surface area contributed by atoms with E-state index in [4.69, 9.17) is 27.9 Å². The monoisotopic (exact) mass is 315 g/mol. The van der Waals surface area contributed by atoms with Gasteiger partial charge in [-0.3, -0.25) is 0 Å². The molecule has 108 valence electrons. The van der Waals surface area contributed by atoms with E-state index in [1.165, 1.54) is 0 Å². The van der Waals surface area contributed by atoms with Gasteiger partial charge in [-0.05, 0) is 26.8 Å². The lowest BCUT2D eigenvalue weighted by Gasteiger charge is -2.07. The molecule has 2 rings (SSSR count). The number of nitrogens with zero attached hydrogens (tertiary/aromatic N) is 1. The van der Waals surface area contributed by atoms with Gasteiger partial charge < -0.3 is 14.4 Å². The Morgan fingerprint density at radius 1 is 1.40 bits per heavy atom. The smallest absolute Gasteiger partial charge is 0.340 e. The second-order valence-corrected chi connectivity index (χ2v) is 5.13. The number of fused-ring (bicyclic) bond motifs is 1. The number of ether oxygens (including phenoxy) is 1. The highest BCUT2D eigenvalue weighted by Gasteiger charge is 2.24. The van der Waals surface area contributed by atoms with Gasteiger partial charge in [-0.25, -0.2) is 4.79 Å². The highest BCUT2D eigenvalue weighted by atomic mass is 35.5. The quantitative estimate of drug-likeness (QED) is 0.865. The fourth-order valence-electron chi connectivity index (χ4n) is 2.41. The molecule has 2 aromatic rings. The van der Waals surface area contributed by atoms with Crippen LogP contribution in [0, 0.1) is 6.92 Å². The van der Waals surface area contributed by atoms with Crippen LogP contribution in [-0.2, 0) is 11.3 Å². The number of hydrogen-bond acceptors (Lipinski definition) is 3. The van der Waals surface area contributed by atoms with E-state index in [-0.39, 0.29) is 22.4 Å². The van der Waals surface area contributed by atoms with E-state index in [0.29, 0.717) is 23.0 Å². The number of phenolic OH excluding ortho intramolecular Hbond substituents is 1. The summed E-state index contributed by atoms with van der Waals surface area (Å²) >= 11 is 12.1. The molecular formula is C14H15Cl2NO3. The first-order chi connectivity index (χ1) is 9.43. The third kappa shape index (κ3) is 2.13. The summed E-state index contributed by atoms with van der Waals surface area (Å²) < 4.78 is 6.94. The molecule has 0 saturated carbocycles. The summed E-state index contributed by atoms with van der Waals surface area (Å²) in [5.74, 6) is -0.594. The summed E-state index contributed by atoms with van der Waals surface area (Å²) in [4.78, 5) is 12.1. The first kappa shape index (κ1) is 15.0. The Hall–Kier alpha value is -1.39. The highest BCUT2D eigenvalue weighted by molar-refractivity contribution is 6.41. The Balaban J connectivity index is 2.89. The molecule has 0 aliphatic carbocycles. The summed E-state index contributed by atoms with van der Waals surface area (Å²) in [6, 6.07) is 1.55. The van der Waals surface area contributed by atoms with Gasteiger partial charge in [0.2, 0.25) is 0 Å². The zero-order valence-corrected chi connectivity index (χ0v) is 13.0. The molecule has 0 bridgehead atoms. The molecule has 20 heavy (non-hydrogen) atoms. The maximum atomic E-state index is 12.1. The highest BCUT2D eigenvalue weighted by Crippen LogP contribution is 2.41. The topological polar surface area (TPSA) is 51.5 Å². The first-order valence-corrected chi connectivity index (χ1v) is 7.06. The molecule has 0 spiro atoms. The number of hydrogen-bond donors (Lipinski definition) is 1. The minimum Gasteiger partial charge on any atom is -0.505 e. The van der Waals surface area contributed by atoms with Crippen LogP contribution < -0.4 is 0 Å². The minimum absolute atomic E-state index is 0.112. The predicted molar refractivity (Wildman–Crippen MR) is 80.0 cm³/mol. The van der Waals surface area contributed by atoms with Crippen molar-refractivity contribution in [1.29, 1.82) is 0 Å². The van der Waals surface area contributed by atoms with Crippen LogP contribution in [0.1, 0.15) is 29.9 Å². The lowest BCUT2D eigenvalue weighted by Crippen LogP contribution is -2.07. The molecule has 1 heterocycles. The Morgan fingerprint density at radius 3 is 2.60 bits per heavy atom. The van der Waals surface area contributed by atoms with Crippen molar-refractivity contribution in [1.82, 2.24) is 4.57 Å². The lowest BCUT2D eigenvalue weighted by molar-refractivity contribution is 0.0527. The molecule has 0 atom stereocenters. The molecule has 0 saturated heterocycles. The zero-order chi connectivity index (χ0) is 15.0.